The van der Waals surface area contributed by atoms with Crippen LogP contribution in [0.1, 0.15) is 44.7 Å². The molecule has 0 amide bonds. The molecule has 1 saturated carbocycles. The lowest BCUT2D eigenvalue weighted by Crippen LogP contribution is -2.34. The highest BCUT2D eigenvalue weighted by molar-refractivity contribution is 6.30. The predicted molar refractivity (Wildman–Crippen MR) is 80.6 cm³/mol. The van der Waals surface area contributed by atoms with Crippen molar-refractivity contribution in [2.45, 2.75) is 45.3 Å². The molecule has 19 heavy (non-hydrogen) atoms. The van der Waals surface area contributed by atoms with Crippen molar-refractivity contribution in [1.82, 2.24) is 5.32 Å². The molecule has 0 heterocycles. The summed E-state index contributed by atoms with van der Waals surface area (Å²) >= 11 is 6.09. The first-order valence-electron chi connectivity index (χ1n) is 7.33. The summed E-state index contributed by atoms with van der Waals surface area (Å²) in [5.74, 6) is 0.777. The molecule has 1 aliphatic carbocycles. The molecule has 0 aliphatic heterocycles. The van der Waals surface area contributed by atoms with Gasteiger partial charge in [-0.25, -0.2) is 0 Å². The Morgan fingerprint density at radius 2 is 2.16 bits per heavy atom. The molecule has 1 aromatic rings. The van der Waals surface area contributed by atoms with Crippen molar-refractivity contribution < 1.29 is 4.74 Å². The Morgan fingerprint density at radius 1 is 1.37 bits per heavy atom. The fraction of sp³-hybridized carbons (Fsp3) is 0.625. The monoisotopic (exact) mass is 281 g/mol. The van der Waals surface area contributed by atoms with Crippen molar-refractivity contribution in [2.24, 2.45) is 5.92 Å². The van der Waals surface area contributed by atoms with Crippen LogP contribution >= 0.6 is 11.6 Å². The van der Waals surface area contributed by atoms with Gasteiger partial charge in [-0.1, -0.05) is 30.7 Å². The van der Waals surface area contributed by atoms with Gasteiger partial charge in [0.2, 0.25) is 0 Å². The van der Waals surface area contributed by atoms with Crippen LogP contribution in [0.25, 0.3) is 0 Å². The molecule has 106 valence electrons. The van der Waals surface area contributed by atoms with Crippen molar-refractivity contribution in [3.05, 3.63) is 34.9 Å². The number of rotatable bonds is 7. The molecule has 2 nitrogen and oxygen atoms in total. The van der Waals surface area contributed by atoms with Crippen LogP contribution in [0.4, 0.5) is 0 Å². The van der Waals surface area contributed by atoms with Crippen LogP contribution in [0.5, 0.6) is 0 Å². The first-order chi connectivity index (χ1) is 9.22. The van der Waals surface area contributed by atoms with Crippen LogP contribution in [0.15, 0.2) is 24.3 Å². The smallest absolute Gasteiger partial charge is 0.0580 e. The SMILES string of the molecule is CCNC(CC1CC(OCC)C1)c1cccc(Cl)c1. The molecule has 0 radical (unpaired) electrons. The minimum absolute atomic E-state index is 0.413. The van der Waals surface area contributed by atoms with E-state index in [0.29, 0.717) is 12.1 Å². The van der Waals surface area contributed by atoms with E-state index in [0.717, 1.165) is 24.1 Å². The zero-order chi connectivity index (χ0) is 13.7. The number of benzene rings is 1. The normalized spacial score (nSPS) is 23.9. The molecule has 1 aliphatic rings. The Balaban J connectivity index is 1.90. The van der Waals surface area contributed by atoms with Gasteiger partial charge in [0.1, 0.15) is 0 Å². The van der Waals surface area contributed by atoms with Crippen LogP contribution < -0.4 is 5.32 Å². The van der Waals surface area contributed by atoms with Crippen molar-refractivity contribution in [3.63, 3.8) is 0 Å². The van der Waals surface area contributed by atoms with Gasteiger partial charge >= 0.3 is 0 Å². The molecule has 3 heteroatoms. The first-order valence-corrected chi connectivity index (χ1v) is 7.71. The van der Waals surface area contributed by atoms with Crippen molar-refractivity contribution in [2.75, 3.05) is 13.2 Å². The molecule has 1 fully saturated rings. The molecule has 1 aromatic carbocycles. The second kappa shape index (κ2) is 7.28. The molecular weight excluding hydrogens is 258 g/mol. The second-order valence-corrected chi connectivity index (χ2v) is 5.75. The van der Waals surface area contributed by atoms with Crippen molar-refractivity contribution in [3.8, 4) is 0 Å². The topological polar surface area (TPSA) is 21.3 Å². The molecule has 0 saturated heterocycles. The van der Waals surface area contributed by atoms with Gasteiger partial charge in [-0.05, 0) is 56.3 Å². The molecular formula is C16H24ClNO. The number of ether oxygens (including phenoxy) is 1. The Bertz CT molecular complexity index is 390. The molecule has 1 N–H and O–H groups in total. The van der Waals surface area contributed by atoms with Crippen LogP contribution in [-0.2, 0) is 4.74 Å². The Kier molecular flexibility index (Phi) is 5.68. The van der Waals surface area contributed by atoms with E-state index >= 15 is 0 Å². The van der Waals surface area contributed by atoms with Crippen LogP contribution in [0, 0.1) is 5.92 Å². The van der Waals surface area contributed by atoms with Gasteiger partial charge in [0.25, 0.3) is 0 Å². The van der Waals surface area contributed by atoms with E-state index in [1.54, 1.807) is 0 Å². The lowest BCUT2D eigenvalue weighted by molar-refractivity contribution is -0.0291. The van der Waals surface area contributed by atoms with E-state index in [9.17, 15) is 0 Å². The van der Waals surface area contributed by atoms with Crippen LogP contribution in [0.2, 0.25) is 5.02 Å². The summed E-state index contributed by atoms with van der Waals surface area (Å²) < 4.78 is 5.63. The summed E-state index contributed by atoms with van der Waals surface area (Å²) in [5.41, 5.74) is 1.30. The maximum Gasteiger partial charge on any atom is 0.0580 e. The van der Waals surface area contributed by atoms with Crippen molar-refractivity contribution in [1.29, 1.82) is 0 Å². The molecule has 1 atom stereocenters. The fourth-order valence-corrected chi connectivity index (χ4v) is 3.08. The highest BCUT2D eigenvalue weighted by Gasteiger charge is 2.31. The van der Waals surface area contributed by atoms with E-state index in [1.165, 1.54) is 24.8 Å². The van der Waals surface area contributed by atoms with Gasteiger partial charge in [-0.2, -0.15) is 0 Å². The van der Waals surface area contributed by atoms with E-state index < -0.39 is 0 Å². The third-order valence-electron chi connectivity index (χ3n) is 3.87. The zero-order valence-electron chi connectivity index (χ0n) is 11.9. The number of halogens is 1. The minimum Gasteiger partial charge on any atom is -0.378 e. The first kappa shape index (κ1) is 14.8. The van der Waals surface area contributed by atoms with E-state index in [1.807, 2.05) is 12.1 Å². The van der Waals surface area contributed by atoms with Crippen LogP contribution in [-0.4, -0.2) is 19.3 Å². The lowest BCUT2D eigenvalue weighted by Gasteiger charge is -2.37. The highest BCUT2D eigenvalue weighted by Crippen LogP contribution is 2.37. The summed E-state index contributed by atoms with van der Waals surface area (Å²) in [6.45, 7) is 6.04. The number of hydrogen-bond acceptors (Lipinski definition) is 2. The average Bonchev–Trinajstić information content (AvgIpc) is 2.35. The Labute approximate surface area is 121 Å². The quantitative estimate of drug-likeness (QED) is 0.809. The van der Waals surface area contributed by atoms with Gasteiger partial charge in [0.15, 0.2) is 0 Å². The average molecular weight is 282 g/mol. The molecule has 0 bridgehead atoms. The second-order valence-electron chi connectivity index (χ2n) is 5.32. The minimum atomic E-state index is 0.413. The van der Waals surface area contributed by atoms with Crippen LogP contribution in [0.3, 0.4) is 0 Å². The Hall–Kier alpha value is -0.570. The molecule has 2 rings (SSSR count). The van der Waals surface area contributed by atoms with Gasteiger partial charge < -0.3 is 10.1 Å². The standard InChI is InChI=1S/C16H24ClNO/c1-3-18-16(13-6-5-7-14(17)11-13)10-12-8-15(9-12)19-4-2/h5-7,11-12,15-16,18H,3-4,8-10H2,1-2H3. The van der Waals surface area contributed by atoms with Gasteiger partial charge in [-0.15, -0.1) is 0 Å². The maximum atomic E-state index is 6.09. The summed E-state index contributed by atoms with van der Waals surface area (Å²) in [6.07, 6.45) is 4.08. The van der Waals surface area contributed by atoms with Gasteiger partial charge in [-0.3, -0.25) is 0 Å². The maximum absolute atomic E-state index is 6.09. The molecule has 1 unspecified atom stereocenters. The summed E-state index contributed by atoms with van der Waals surface area (Å²) in [6, 6.07) is 8.62. The Morgan fingerprint density at radius 3 is 2.79 bits per heavy atom. The van der Waals surface area contributed by atoms with E-state index in [4.69, 9.17) is 16.3 Å². The summed E-state index contributed by atoms with van der Waals surface area (Å²) in [5, 5.41) is 4.39. The number of nitrogens with one attached hydrogen (secondary N) is 1. The van der Waals surface area contributed by atoms with E-state index in [2.05, 4.69) is 31.3 Å². The summed E-state index contributed by atoms with van der Waals surface area (Å²) in [7, 11) is 0. The number of hydrogen-bond donors (Lipinski definition) is 1. The zero-order valence-corrected chi connectivity index (χ0v) is 12.6. The predicted octanol–water partition coefficient (Wildman–Crippen LogP) is 4.20. The largest absolute Gasteiger partial charge is 0.378 e. The fourth-order valence-electron chi connectivity index (χ4n) is 2.88. The lowest BCUT2D eigenvalue weighted by atomic mass is 9.77. The third kappa shape index (κ3) is 4.20. The third-order valence-corrected chi connectivity index (χ3v) is 4.10. The van der Waals surface area contributed by atoms with Gasteiger partial charge in [0.05, 0.1) is 6.10 Å². The van der Waals surface area contributed by atoms with Crippen molar-refractivity contribution >= 4 is 11.6 Å². The van der Waals surface area contributed by atoms with Gasteiger partial charge in [0, 0.05) is 17.7 Å². The van der Waals surface area contributed by atoms with E-state index in [-0.39, 0.29) is 0 Å². The summed E-state index contributed by atoms with van der Waals surface area (Å²) in [4.78, 5) is 0. The molecule has 0 spiro atoms. The highest BCUT2D eigenvalue weighted by atomic mass is 35.5. The molecule has 0 aromatic heterocycles.